The van der Waals surface area contributed by atoms with Crippen LogP contribution < -0.4 is 10.6 Å². The standard InChI is InChI=1S/C21H25BrN6/c1-12(2)15-6-5-13(3)17(9-15)24-21-23-11-16(22)20(26-21)25-19-10-18(14-7-8-14)27-28(19)4/h5-6,9-12,14H,7-8H2,1-4H3,(H2,23,24,25,26). The van der Waals surface area contributed by atoms with Gasteiger partial charge >= 0.3 is 0 Å². The summed E-state index contributed by atoms with van der Waals surface area (Å²) in [5, 5.41) is 11.3. The van der Waals surface area contributed by atoms with Crippen LogP contribution in [0, 0.1) is 6.92 Å². The maximum absolute atomic E-state index is 4.67. The van der Waals surface area contributed by atoms with Crippen molar-refractivity contribution in [2.75, 3.05) is 10.6 Å². The van der Waals surface area contributed by atoms with E-state index in [0.29, 0.717) is 23.6 Å². The molecule has 0 saturated heterocycles. The molecule has 3 aromatic rings. The van der Waals surface area contributed by atoms with Gasteiger partial charge in [-0.25, -0.2) is 4.98 Å². The van der Waals surface area contributed by atoms with Crippen LogP contribution in [-0.2, 0) is 7.05 Å². The summed E-state index contributed by atoms with van der Waals surface area (Å²) in [6, 6.07) is 8.57. The molecule has 2 aromatic heterocycles. The first kappa shape index (κ1) is 18.9. The average Bonchev–Trinajstić information content (AvgIpc) is 3.44. The summed E-state index contributed by atoms with van der Waals surface area (Å²) < 4.78 is 2.67. The van der Waals surface area contributed by atoms with Crippen molar-refractivity contribution in [2.24, 2.45) is 7.05 Å². The van der Waals surface area contributed by atoms with Gasteiger partial charge < -0.3 is 10.6 Å². The van der Waals surface area contributed by atoms with Crippen molar-refractivity contribution < 1.29 is 0 Å². The largest absolute Gasteiger partial charge is 0.324 e. The van der Waals surface area contributed by atoms with Crippen molar-refractivity contribution >= 4 is 39.2 Å². The van der Waals surface area contributed by atoms with E-state index in [0.717, 1.165) is 27.2 Å². The van der Waals surface area contributed by atoms with E-state index in [1.165, 1.54) is 18.4 Å². The average molecular weight is 441 g/mol. The number of nitrogens with one attached hydrogen (secondary N) is 2. The summed E-state index contributed by atoms with van der Waals surface area (Å²) in [5.74, 6) is 3.27. The highest BCUT2D eigenvalue weighted by atomic mass is 79.9. The molecule has 0 spiro atoms. The zero-order valence-electron chi connectivity index (χ0n) is 16.6. The maximum atomic E-state index is 4.67. The van der Waals surface area contributed by atoms with Crippen LogP contribution in [0.4, 0.5) is 23.3 Å². The van der Waals surface area contributed by atoms with Gasteiger partial charge in [0.15, 0.2) is 5.82 Å². The van der Waals surface area contributed by atoms with Gasteiger partial charge in [0.05, 0.1) is 10.2 Å². The van der Waals surface area contributed by atoms with Crippen LogP contribution in [0.2, 0.25) is 0 Å². The quantitative estimate of drug-likeness (QED) is 0.509. The predicted molar refractivity (Wildman–Crippen MR) is 117 cm³/mol. The smallest absolute Gasteiger partial charge is 0.229 e. The lowest BCUT2D eigenvalue weighted by Gasteiger charge is -2.14. The molecule has 0 amide bonds. The highest BCUT2D eigenvalue weighted by Gasteiger charge is 2.27. The van der Waals surface area contributed by atoms with Crippen LogP contribution in [0.5, 0.6) is 0 Å². The van der Waals surface area contributed by atoms with E-state index in [2.05, 4.69) is 86.7 Å². The number of hydrogen-bond acceptors (Lipinski definition) is 5. The van der Waals surface area contributed by atoms with Crippen molar-refractivity contribution in [1.82, 2.24) is 19.7 Å². The Balaban J connectivity index is 1.58. The third kappa shape index (κ3) is 4.04. The molecule has 146 valence electrons. The fourth-order valence-electron chi connectivity index (χ4n) is 3.08. The Labute approximate surface area is 173 Å². The van der Waals surface area contributed by atoms with Crippen molar-refractivity contribution in [3.8, 4) is 0 Å². The molecule has 1 aromatic carbocycles. The van der Waals surface area contributed by atoms with Gasteiger partial charge in [-0.15, -0.1) is 0 Å². The van der Waals surface area contributed by atoms with Crippen molar-refractivity contribution in [1.29, 1.82) is 0 Å². The number of rotatable bonds is 6. The molecule has 4 rings (SSSR count). The number of anilines is 4. The lowest BCUT2D eigenvalue weighted by atomic mass is 10.0. The van der Waals surface area contributed by atoms with E-state index in [1.54, 1.807) is 6.20 Å². The zero-order chi connectivity index (χ0) is 19.8. The Morgan fingerprint density at radius 2 is 1.96 bits per heavy atom. The normalized spacial score (nSPS) is 13.8. The van der Waals surface area contributed by atoms with Gasteiger partial charge in [0.25, 0.3) is 0 Å². The summed E-state index contributed by atoms with van der Waals surface area (Å²) in [7, 11) is 1.95. The molecule has 7 heteroatoms. The van der Waals surface area contributed by atoms with E-state index in [1.807, 2.05) is 11.7 Å². The number of aryl methyl sites for hydroxylation is 2. The van der Waals surface area contributed by atoms with Crippen LogP contribution in [-0.4, -0.2) is 19.7 Å². The molecule has 2 N–H and O–H groups in total. The summed E-state index contributed by atoms with van der Waals surface area (Å²) in [5.41, 5.74) is 4.61. The second kappa shape index (κ2) is 7.54. The third-order valence-electron chi connectivity index (χ3n) is 5.06. The highest BCUT2D eigenvalue weighted by Crippen LogP contribution is 2.40. The van der Waals surface area contributed by atoms with Crippen LogP contribution in [0.1, 0.15) is 55.3 Å². The number of nitrogens with zero attached hydrogens (tertiary/aromatic N) is 4. The fraction of sp³-hybridized carbons (Fsp3) is 0.381. The number of benzene rings is 1. The predicted octanol–water partition coefficient (Wildman–Crippen LogP) is 5.77. The first-order valence-electron chi connectivity index (χ1n) is 9.62. The van der Waals surface area contributed by atoms with E-state index in [4.69, 9.17) is 0 Å². The molecule has 28 heavy (non-hydrogen) atoms. The zero-order valence-corrected chi connectivity index (χ0v) is 18.2. The monoisotopic (exact) mass is 440 g/mol. The third-order valence-corrected chi connectivity index (χ3v) is 5.64. The molecule has 0 atom stereocenters. The first-order chi connectivity index (χ1) is 13.4. The second-order valence-electron chi connectivity index (χ2n) is 7.72. The number of halogens is 1. The summed E-state index contributed by atoms with van der Waals surface area (Å²) in [4.78, 5) is 9.09. The van der Waals surface area contributed by atoms with E-state index in [9.17, 15) is 0 Å². The molecule has 1 aliphatic carbocycles. The molecule has 1 saturated carbocycles. The minimum atomic E-state index is 0.467. The highest BCUT2D eigenvalue weighted by molar-refractivity contribution is 9.10. The van der Waals surface area contributed by atoms with E-state index in [-0.39, 0.29) is 0 Å². The van der Waals surface area contributed by atoms with Crippen molar-refractivity contribution in [2.45, 2.75) is 45.4 Å². The molecule has 6 nitrogen and oxygen atoms in total. The maximum Gasteiger partial charge on any atom is 0.229 e. The van der Waals surface area contributed by atoms with Crippen LogP contribution in [0.25, 0.3) is 0 Å². The Morgan fingerprint density at radius 3 is 2.68 bits per heavy atom. The lowest BCUT2D eigenvalue weighted by Crippen LogP contribution is -2.05. The van der Waals surface area contributed by atoms with E-state index >= 15 is 0 Å². The molecule has 0 unspecified atom stereocenters. The van der Waals surface area contributed by atoms with Crippen LogP contribution in [0.3, 0.4) is 0 Å². The molecular formula is C21H25BrN6. The molecule has 1 aliphatic rings. The van der Waals surface area contributed by atoms with Gasteiger partial charge in [-0.3, -0.25) is 4.68 Å². The minimum absolute atomic E-state index is 0.467. The molecular weight excluding hydrogens is 416 g/mol. The Bertz CT molecular complexity index is 1010. The van der Waals surface area contributed by atoms with Gasteiger partial charge in [0.2, 0.25) is 5.95 Å². The van der Waals surface area contributed by atoms with Gasteiger partial charge in [0.1, 0.15) is 5.82 Å². The van der Waals surface area contributed by atoms with Crippen molar-refractivity contribution in [3.05, 3.63) is 51.8 Å². The second-order valence-corrected chi connectivity index (χ2v) is 8.58. The van der Waals surface area contributed by atoms with E-state index < -0.39 is 0 Å². The van der Waals surface area contributed by atoms with Gasteiger partial charge in [0, 0.05) is 30.9 Å². The van der Waals surface area contributed by atoms with Gasteiger partial charge in [-0.1, -0.05) is 26.0 Å². The van der Waals surface area contributed by atoms with Gasteiger partial charge in [-0.2, -0.15) is 10.1 Å². The number of aromatic nitrogens is 4. The first-order valence-corrected chi connectivity index (χ1v) is 10.4. The molecule has 0 aliphatic heterocycles. The molecule has 0 radical (unpaired) electrons. The summed E-state index contributed by atoms with van der Waals surface area (Å²) >= 11 is 3.55. The number of hydrogen-bond donors (Lipinski definition) is 2. The molecule has 1 fully saturated rings. The molecule has 2 heterocycles. The summed E-state index contributed by atoms with van der Waals surface area (Å²) in [6.07, 6.45) is 4.23. The topological polar surface area (TPSA) is 67.7 Å². The van der Waals surface area contributed by atoms with Gasteiger partial charge in [-0.05, 0) is 58.8 Å². The SMILES string of the molecule is Cc1ccc(C(C)C)cc1Nc1ncc(Br)c(Nc2cc(C3CC3)nn2C)n1. The Morgan fingerprint density at radius 1 is 1.18 bits per heavy atom. The van der Waals surface area contributed by atoms with Crippen LogP contribution >= 0.6 is 15.9 Å². The lowest BCUT2D eigenvalue weighted by molar-refractivity contribution is 0.750. The van der Waals surface area contributed by atoms with Crippen LogP contribution in [0.15, 0.2) is 34.9 Å². The summed E-state index contributed by atoms with van der Waals surface area (Å²) in [6.45, 7) is 6.46. The molecule has 0 bridgehead atoms. The Hall–Kier alpha value is -2.41. The fourth-order valence-corrected chi connectivity index (χ4v) is 3.37. The van der Waals surface area contributed by atoms with Crippen molar-refractivity contribution in [3.63, 3.8) is 0 Å². The Kier molecular flexibility index (Phi) is 5.10. The minimum Gasteiger partial charge on any atom is -0.324 e.